The summed E-state index contributed by atoms with van der Waals surface area (Å²) in [7, 11) is 0. The van der Waals surface area contributed by atoms with E-state index in [1.807, 2.05) is 0 Å². The first-order chi connectivity index (χ1) is 7.61. The van der Waals surface area contributed by atoms with Crippen molar-refractivity contribution in [1.82, 2.24) is 9.36 Å². The average molecular weight is 241 g/mol. The van der Waals surface area contributed by atoms with Crippen LogP contribution >= 0.6 is 11.5 Å². The Balaban J connectivity index is 2.15. The third-order valence-corrected chi connectivity index (χ3v) is 4.51. The maximum Gasteiger partial charge on any atom is 0.323 e. The lowest BCUT2D eigenvalue weighted by Crippen LogP contribution is -2.22. The van der Waals surface area contributed by atoms with Gasteiger partial charge in [-0.25, -0.2) is 0 Å². The van der Waals surface area contributed by atoms with Crippen LogP contribution in [-0.4, -0.2) is 15.9 Å². The van der Waals surface area contributed by atoms with E-state index in [-0.39, 0.29) is 10.8 Å². The van der Waals surface area contributed by atoms with Crippen LogP contribution in [0.15, 0.2) is 4.79 Å². The van der Waals surface area contributed by atoms with Gasteiger partial charge in [0.05, 0.1) is 0 Å². The van der Waals surface area contributed by atoms with Crippen LogP contribution in [0.25, 0.3) is 0 Å². The minimum atomic E-state index is -0.0763. The fraction of sp³-hybridized carbons (Fsp3) is 0.818. The van der Waals surface area contributed by atoms with Crippen molar-refractivity contribution < 1.29 is 0 Å². The Kier molecular flexibility index (Phi) is 3.44. The van der Waals surface area contributed by atoms with Crippen molar-refractivity contribution in [3.63, 3.8) is 0 Å². The molecule has 0 spiro atoms. The largest absolute Gasteiger partial charge is 0.330 e. The van der Waals surface area contributed by atoms with Crippen molar-refractivity contribution >= 4 is 11.5 Å². The molecule has 0 bridgehead atoms. The zero-order valence-corrected chi connectivity index (χ0v) is 10.6. The predicted molar refractivity (Wildman–Crippen MR) is 65.6 cm³/mol. The molecular weight excluding hydrogens is 222 g/mol. The molecule has 1 aromatic rings. The van der Waals surface area contributed by atoms with Crippen molar-refractivity contribution in [3.05, 3.63) is 15.5 Å². The van der Waals surface area contributed by atoms with E-state index in [0.29, 0.717) is 12.5 Å². The van der Waals surface area contributed by atoms with Gasteiger partial charge in [0.2, 0.25) is 0 Å². The van der Waals surface area contributed by atoms with E-state index >= 15 is 0 Å². The molecule has 1 aliphatic carbocycles. The third-order valence-electron chi connectivity index (χ3n) is 3.95. The van der Waals surface area contributed by atoms with E-state index in [1.54, 1.807) is 0 Å². The van der Waals surface area contributed by atoms with Gasteiger partial charge in [0.1, 0.15) is 5.82 Å². The summed E-state index contributed by atoms with van der Waals surface area (Å²) in [4.78, 5) is 13.8. The van der Waals surface area contributed by atoms with Crippen molar-refractivity contribution in [1.29, 1.82) is 0 Å². The highest BCUT2D eigenvalue weighted by Gasteiger charge is 2.34. The number of rotatable bonds is 3. The van der Waals surface area contributed by atoms with Crippen molar-refractivity contribution in [2.45, 2.75) is 32.6 Å². The number of nitrogens with zero attached hydrogens (tertiary/aromatic N) is 1. The minimum Gasteiger partial charge on any atom is -0.330 e. The second-order valence-electron chi connectivity index (χ2n) is 5.01. The molecule has 1 fully saturated rings. The Morgan fingerprint density at radius 1 is 1.50 bits per heavy atom. The molecule has 0 aromatic carbocycles. The second kappa shape index (κ2) is 4.67. The van der Waals surface area contributed by atoms with Gasteiger partial charge in [0.15, 0.2) is 0 Å². The first-order valence-corrected chi connectivity index (χ1v) is 6.65. The van der Waals surface area contributed by atoms with E-state index < -0.39 is 0 Å². The van der Waals surface area contributed by atoms with E-state index in [4.69, 9.17) is 5.73 Å². The molecule has 0 saturated heterocycles. The summed E-state index contributed by atoms with van der Waals surface area (Å²) < 4.78 is 4.18. The van der Waals surface area contributed by atoms with Gasteiger partial charge >= 0.3 is 4.87 Å². The van der Waals surface area contributed by atoms with Crippen molar-refractivity contribution in [2.24, 2.45) is 23.5 Å². The number of hydrogen-bond donors (Lipinski definition) is 2. The van der Waals surface area contributed by atoms with Gasteiger partial charge < -0.3 is 5.73 Å². The summed E-state index contributed by atoms with van der Waals surface area (Å²) >= 11 is 0.992. The van der Waals surface area contributed by atoms with Gasteiger partial charge in [-0.15, -0.1) is 0 Å². The predicted octanol–water partition coefficient (Wildman–Crippen LogP) is 1.56. The standard InChI is InChI=1S/C11H19N3OS/c1-6-3-8(4-7(6)2)9(5-12)10-13-11(15)16-14-10/h6-9H,3-5,12H2,1-2H3,(H,13,14,15)/t6-,7+,8?,9?. The number of H-pyrrole nitrogens is 1. The van der Waals surface area contributed by atoms with Gasteiger partial charge in [0, 0.05) is 24.0 Å². The van der Waals surface area contributed by atoms with Crippen LogP contribution in [0.2, 0.25) is 0 Å². The van der Waals surface area contributed by atoms with Crippen LogP contribution in [0.5, 0.6) is 0 Å². The van der Waals surface area contributed by atoms with Crippen LogP contribution in [-0.2, 0) is 0 Å². The van der Waals surface area contributed by atoms with Crippen LogP contribution < -0.4 is 10.6 Å². The summed E-state index contributed by atoms with van der Waals surface area (Å²) in [5.41, 5.74) is 5.83. The molecule has 1 aliphatic rings. The van der Waals surface area contributed by atoms with E-state index in [0.717, 1.165) is 29.2 Å². The lowest BCUT2D eigenvalue weighted by molar-refractivity contribution is 0.411. The molecule has 2 rings (SSSR count). The zero-order valence-electron chi connectivity index (χ0n) is 9.77. The van der Waals surface area contributed by atoms with Gasteiger partial charge in [-0.1, -0.05) is 13.8 Å². The molecule has 4 nitrogen and oxygen atoms in total. The summed E-state index contributed by atoms with van der Waals surface area (Å²) in [6.45, 7) is 5.16. The normalized spacial score (nSPS) is 31.8. The third kappa shape index (κ3) is 2.20. The van der Waals surface area contributed by atoms with Crippen molar-refractivity contribution in [3.8, 4) is 0 Å². The Hall–Kier alpha value is -0.680. The fourth-order valence-electron chi connectivity index (χ4n) is 2.77. The van der Waals surface area contributed by atoms with Crippen LogP contribution in [0, 0.1) is 17.8 Å². The Labute approximate surface area is 99.4 Å². The van der Waals surface area contributed by atoms with E-state index in [1.165, 1.54) is 12.8 Å². The lowest BCUT2D eigenvalue weighted by atomic mass is 9.89. The molecule has 0 radical (unpaired) electrons. The van der Waals surface area contributed by atoms with Gasteiger partial charge in [0.25, 0.3) is 0 Å². The first kappa shape index (κ1) is 11.8. The maximum atomic E-state index is 11.1. The Morgan fingerprint density at radius 2 is 2.12 bits per heavy atom. The molecule has 0 amide bonds. The summed E-state index contributed by atoms with van der Waals surface area (Å²) in [6.07, 6.45) is 2.39. The molecule has 3 N–H and O–H groups in total. The van der Waals surface area contributed by atoms with E-state index in [2.05, 4.69) is 23.2 Å². The molecule has 4 atom stereocenters. The summed E-state index contributed by atoms with van der Waals surface area (Å²) in [6, 6.07) is 0. The number of hydrogen-bond acceptors (Lipinski definition) is 4. The SMILES string of the molecule is C[C@@H]1CC(C(CN)c2nsc(=O)[nH]2)C[C@@H]1C. The van der Waals surface area contributed by atoms with Gasteiger partial charge in [-0.05, 0) is 30.6 Å². The molecule has 5 heteroatoms. The average Bonchev–Trinajstić information content (AvgIpc) is 2.77. The highest BCUT2D eigenvalue weighted by molar-refractivity contribution is 7.02. The molecule has 16 heavy (non-hydrogen) atoms. The minimum absolute atomic E-state index is 0.0763. The molecular formula is C11H19N3OS. The second-order valence-corrected chi connectivity index (χ2v) is 5.74. The summed E-state index contributed by atoms with van der Waals surface area (Å²) in [5.74, 6) is 3.11. The van der Waals surface area contributed by atoms with Crippen LogP contribution in [0.3, 0.4) is 0 Å². The number of aromatic amines is 1. The topological polar surface area (TPSA) is 71.8 Å². The quantitative estimate of drug-likeness (QED) is 0.843. The van der Waals surface area contributed by atoms with Gasteiger partial charge in [-0.3, -0.25) is 9.78 Å². The number of nitrogens with two attached hydrogens (primary N) is 1. The molecule has 0 aliphatic heterocycles. The van der Waals surface area contributed by atoms with E-state index in [9.17, 15) is 4.79 Å². The molecule has 90 valence electrons. The summed E-state index contributed by atoms with van der Waals surface area (Å²) in [5, 5.41) is 0. The first-order valence-electron chi connectivity index (χ1n) is 5.87. The van der Waals surface area contributed by atoms with Crippen LogP contribution in [0.4, 0.5) is 0 Å². The Bertz CT molecular complexity index is 390. The molecule has 1 heterocycles. The smallest absolute Gasteiger partial charge is 0.323 e. The Morgan fingerprint density at radius 3 is 2.56 bits per heavy atom. The lowest BCUT2D eigenvalue weighted by Gasteiger charge is -2.19. The van der Waals surface area contributed by atoms with Crippen LogP contribution in [0.1, 0.15) is 38.4 Å². The monoisotopic (exact) mass is 241 g/mol. The highest BCUT2D eigenvalue weighted by atomic mass is 32.1. The molecule has 1 aromatic heterocycles. The highest BCUT2D eigenvalue weighted by Crippen LogP contribution is 2.42. The maximum absolute atomic E-state index is 11.1. The number of nitrogens with one attached hydrogen (secondary N) is 1. The fourth-order valence-corrected chi connectivity index (χ4v) is 3.29. The zero-order chi connectivity index (χ0) is 11.7. The molecule has 1 saturated carbocycles. The number of aromatic nitrogens is 2. The van der Waals surface area contributed by atoms with Crippen molar-refractivity contribution in [2.75, 3.05) is 6.54 Å². The molecule has 2 unspecified atom stereocenters. The van der Waals surface area contributed by atoms with Gasteiger partial charge in [-0.2, -0.15) is 4.37 Å².